The molecule has 0 unspecified atom stereocenters. The molecule has 1 fully saturated rings. The highest BCUT2D eigenvalue weighted by Gasteiger charge is 2.35. The average molecular weight is 358 g/mol. The zero-order chi connectivity index (χ0) is 16.9. The first-order valence-electron chi connectivity index (χ1n) is 8.40. The van der Waals surface area contributed by atoms with Gasteiger partial charge in [0.1, 0.15) is 0 Å². The Balaban J connectivity index is 0.00000288. The number of carbonyl (C=O) groups excluding carboxylic acids is 2. The number of nitrogens with zero attached hydrogens (tertiary/aromatic N) is 1. The summed E-state index contributed by atoms with van der Waals surface area (Å²) in [5.74, 6) is 0.325. The molecule has 6 nitrogen and oxygen atoms in total. The monoisotopic (exact) mass is 357 g/mol. The Morgan fingerprint density at radius 2 is 1.96 bits per heavy atom. The van der Waals surface area contributed by atoms with Gasteiger partial charge in [0, 0.05) is 25.7 Å². The molecule has 0 spiro atoms. The van der Waals surface area contributed by atoms with Gasteiger partial charge in [-0.3, -0.25) is 9.59 Å². The van der Waals surface area contributed by atoms with Gasteiger partial charge in [0.05, 0.1) is 11.7 Å². The fourth-order valence-corrected chi connectivity index (χ4v) is 3.07. The van der Waals surface area contributed by atoms with Gasteiger partial charge in [0.15, 0.2) is 5.76 Å². The van der Waals surface area contributed by atoms with Crippen LogP contribution in [0.2, 0.25) is 0 Å². The molecule has 136 valence electrons. The molecular formula is C17H28ClN3O3. The number of hydrogen-bond acceptors (Lipinski definition) is 4. The van der Waals surface area contributed by atoms with Crippen molar-refractivity contribution in [3.8, 4) is 0 Å². The maximum Gasteiger partial charge on any atom is 0.289 e. The number of piperidine rings is 1. The minimum atomic E-state index is -0.471. The van der Waals surface area contributed by atoms with E-state index in [1.807, 2.05) is 13.8 Å². The van der Waals surface area contributed by atoms with Crippen molar-refractivity contribution in [1.29, 1.82) is 0 Å². The van der Waals surface area contributed by atoms with Gasteiger partial charge in [0.2, 0.25) is 5.91 Å². The van der Waals surface area contributed by atoms with Crippen LogP contribution in [-0.2, 0) is 4.79 Å². The first-order chi connectivity index (χ1) is 11.1. The van der Waals surface area contributed by atoms with Gasteiger partial charge in [-0.1, -0.05) is 13.8 Å². The van der Waals surface area contributed by atoms with Crippen molar-refractivity contribution in [3.05, 3.63) is 24.2 Å². The molecule has 0 bridgehead atoms. The standard InChI is InChI=1S/C17H27N3O3.ClH/c1-3-17(4-2,12-18)16(22)19-13-7-9-20(10-8-13)15(21)14-6-5-11-23-14;/h5-6,11,13H,3-4,7-10,12,18H2,1-2H3,(H,19,22);1H. The van der Waals surface area contributed by atoms with Gasteiger partial charge in [-0.05, 0) is 37.8 Å². The van der Waals surface area contributed by atoms with Crippen LogP contribution in [0.25, 0.3) is 0 Å². The SMILES string of the molecule is CCC(CC)(CN)C(=O)NC1CCN(C(=O)c2ccco2)CC1.Cl. The van der Waals surface area contributed by atoms with E-state index < -0.39 is 5.41 Å². The molecule has 0 aromatic carbocycles. The van der Waals surface area contributed by atoms with Crippen LogP contribution in [-0.4, -0.2) is 42.4 Å². The Labute approximate surface area is 149 Å². The fraction of sp³-hybridized carbons (Fsp3) is 0.647. The summed E-state index contributed by atoms with van der Waals surface area (Å²) in [5, 5.41) is 3.13. The normalized spacial score (nSPS) is 15.7. The third-order valence-corrected chi connectivity index (χ3v) is 5.08. The van der Waals surface area contributed by atoms with Crippen molar-refractivity contribution in [1.82, 2.24) is 10.2 Å². The Morgan fingerprint density at radius 3 is 2.42 bits per heavy atom. The molecule has 0 atom stereocenters. The van der Waals surface area contributed by atoms with Crippen LogP contribution in [0.5, 0.6) is 0 Å². The van der Waals surface area contributed by atoms with Crippen molar-refractivity contribution in [3.63, 3.8) is 0 Å². The van der Waals surface area contributed by atoms with Crippen LogP contribution >= 0.6 is 12.4 Å². The summed E-state index contributed by atoms with van der Waals surface area (Å²) in [5.41, 5.74) is 5.36. The maximum atomic E-state index is 12.5. The molecule has 24 heavy (non-hydrogen) atoms. The maximum absolute atomic E-state index is 12.5. The van der Waals surface area contributed by atoms with Crippen molar-refractivity contribution in [2.45, 2.75) is 45.6 Å². The number of hydrogen-bond donors (Lipinski definition) is 2. The molecule has 0 saturated carbocycles. The van der Waals surface area contributed by atoms with Gasteiger partial charge >= 0.3 is 0 Å². The van der Waals surface area contributed by atoms with Gasteiger partial charge in [-0.15, -0.1) is 12.4 Å². The van der Waals surface area contributed by atoms with Crippen LogP contribution in [0, 0.1) is 5.41 Å². The molecule has 0 aliphatic carbocycles. The van der Waals surface area contributed by atoms with Crippen LogP contribution < -0.4 is 11.1 Å². The summed E-state index contributed by atoms with van der Waals surface area (Å²) in [6, 6.07) is 3.49. The number of rotatable bonds is 6. The third kappa shape index (κ3) is 4.30. The summed E-state index contributed by atoms with van der Waals surface area (Å²) in [6.45, 7) is 5.61. The minimum Gasteiger partial charge on any atom is -0.459 e. The molecule has 1 saturated heterocycles. The Bertz CT molecular complexity index is 513. The Hall–Kier alpha value is -1.53. The van der Waals surface area contributed by atoms with Crippen molar-refractivity contribution >= 4 is 24.2 Å². The molecule has 2 heterocycles. The summed E-state index contributed by atoms with van der Waals surface area (Å²) in [4.78, 5) is 26.5. The molecule has 2 rings (SSSR count). The molecular weight excluding hydrogens is 330 g/mol. The van der Waals surface area contributed by atoms with E-state index >= 15 is 0 Å². The highest BCUT2D eigenvalue weighted by atomic mass is 35.5. The lowest BCUT2D eigenvalue weighted by Gasteiger charge is -2.35. The predicted octanol–water partition coefficient (Wildman–Crippen LogP) is 2.19. The van der Waals surface area contributed by atoms with Gasteiger partial charge in [-0.2, -0.15) is 0 Å². The number of amides is 2. The predicted molar refractivity (Wildman–Crippen MR) is 95.1 cm³/mol. The quantitative estimate of drug-likeness (QED) is 0.816. The van der Waals surface area contributed by atoms with Crippen LogP contribution in [0.15, 0.2) is 22.8 Å². The molecule has 1 aromatic rings. The first kappa shape index (κ1) is 20.5. The van der Waals surface area contributed by atoms with E-state index in [-0.39, 0.29) is 30.3 Å². The second kappa shape index (κ2) is 9.08. The lowest BCUT2D eigenvalue weighted by atomic mass is 9.81. The number of carbonyl (C=O) groups is 2. The van der Waals surface area contributed by atoms with E-state index in [0.717, 1.165) is 25.7 Å². The molecule has 7 heteroatoms. The average Bonchev–Trinajstić information content (AvgIpc) is 3.11. The number of nitrogens with two attached hydrogens (primary N) is 1. The minimum absolute atomic E-state index is 0. The second-order valence-electron chi connectivity index (χ2n) is 6.21. The van der Waals surface area contributed by atoms with Gasteiger partial charge in [0.25, 0.3) is 5.91 Å². The van der Waals surface area contributed by atoms with Crippen LogP contribution in [0.1, 0.15) is 50.1 Å². The Morgan fingerprint density at radius 1 is 1.33 bits per heavy atom. The zero-order valence-corrected chi connectivity index (χ0v) is 15.2. The van der Waals surface area contributed by atoms with Crippen LogP contribution in [0.4, 0.5) is 0 Å². The fourth-order valence-electron chi connectivity index (χ4n) is 3.07. The van der Waals surface area contributed by atoms with Crippen molar-refractivity contribution in [2.24, 2.45) is 11.1 Å². The molecule has 1 aliphatic rings. The molecule has 0 radical (unpaired) electrons. The van der Waals surface area contributed by atoms with E-state index in [4.69, 9.17) is 10.2 Å². The largest absolute Gasteiger partial charge is 0.459 e. The molecule has 1 aliphatic heterocycles. The molecule has 1 aromatic heterocycles. The summed E-state index contributed by atoms with van der Waals surface area (Å²) < 4.78 is 5.15. The smallest absolute Gasteiger partial charge is 0.289 e. The molecule has 3 N–H and O–H groups in total. The third-order valence-electron chi connectivity index (χ3n) is 5.08. The highest BCUT2D eigenvalue weighted by molar-refractivity contribution is 5.91. The van der Waals surface area contributed by atoms with Gasteiger partial charge in [-0.25, -0.2) is 0 Å². The summed E-state index contributed by atoms with van der Waals surface area (Å²) in [6.07, 6.45) is 4.49. The van der Waals surface area contributed by atoms with Crippen molar-refractivity contribution in [2.75, 3.05) is 19.6 Å². The lowest BCUT2D eigenvalue weighted by molar-refractivity contribution is -0.132. The zero-order valence-electron chi connectivity index (χ0n) is 14.4. The summed E-state index contributed by atoms with van der Waals surface area (Å²) in [7, 11) is 0. The topological polar surface area (TPSA) is 88.6 Å². The number of halogens is 1. The number of furan rings is 1. The number of nitrogens with one attached hydrogen (secondary N) is 1. The van der Waals surface area contributed by atoms with Crippen LogP contribution in [0.3, 0.4) is 0 Å². The van der Waals surface area contributed by atoms with Crippen molar-refractivity contribution < 1.29 is 14.0 Å². The first-order valence-corrected chi connectivity index (χ1v) is 8.40. The van der Waals surface area contributed by atoms with E-state index in [1.165, 1.54) is 6.26 Å². The number of likely N-dealkylation sites (tertiary alicyclic amines) is 1. The summed E-state index contributed by atoms with van der Waals surface area (Å²) >= 11 is 0. The van der Waals surface area contributed by atoms with E-state index in [2.05, 4.69) is 5.32 Å². The lowest BCUT2D eigenvalue weighted by Crippen LogP contribution is -2.52. The van der Waals surface area contributed by atoms with E-state index in [1.54, 1.807) is 17.0 Å². The van der Waals surface area contributed by atoms with E-state index in [0.29, 0.717) is 25.4 Å². The Kier molecular flexibility index (Phi) is 7.76. The molecule has 2 amide bonds. The van der Waals surface area contributed by atoms with E-state index in [9.17, 15) is 9.59 Å². The highest BCUT2D eigenvalue weighted by Crippen LogP contribution is 2.26. The van der Waals surface area contributed by atoms with Gasteiger partial charge < -0.3 is 20.4 Å². The second-order valence-corrected chi connectivity index (χ2v) is 6.21.